The zero-order chi connectivity index (χ0) is 12.2. The minimum atomic E-state index is -0.134. The zero-order valence-electron chi connectivity index (χ0n) is 10.5. The Labute approximate surface area is 97.8 Å². The molecule has 1 aliphatic carbocycles. The van der Waals surface area contributed by atoms with Crippen LogP contribution in [0.1, 0.15) is 40.0 Å². The standard InChI is InChI=1S/C13H22O3/c1-5-8-15-12(14)10-6-7-11(9-10)16-13(2,3)4/h5,10-11H,1,6-9H2,2-4H3/t10-,11?/m0/s1. The predicted octanol–water partition coefficient (Wildman–Crippen LogP) is 2.70. The van der Waals surface area contributed by atoms with E-state index in [1.54, 1.807) is 6.08 Å². The molecule has 0 aliphatic heterocycles. The fourth-order valence-electron chi connectivity index (χ4n) is 2.02. The van der Waals surface area contributed by atoms with Crippen molar-refractivity contribution in [2.45, 2.75) is 51.7 Å². The summed E-state index contributed by atoms with van der Waals surface area (Å²) in [5, 5.41) is 0. The van der Waals surface area contributed by atoms with E-state index >= 15 is 0 Å². The van der Waals surface area contributed by atoms with E-state index in [0.29, 0.717) is 6.61 Å². The van der Waals surface area contributed by atoms with Gasteiger partial charge in [-0.1, -0.05) is 12.7 Å². The molecule has 1 fully saturated rings. The second-order valence-corrected chi connectivity index (χ2v) is 5.28. The topological polar surface area (TPSA) is 35.5 Å². The lowest BCUT2D eigenvalue weighted by Crippen LogP contribution is -2.26. The van der Waals surface area contributed by atoms with E-state index in [0.717, 1.165) is 19.3 Å². The van der Waals surface area contributed by atoms with Crippen molar-refractivity contribution < 1.29 is 14.3 Å². The van der Waals surface area contributed by atoms with Crippen LogP contribution in [-0.2, 0) is 14.3 Å². The Hall–Kier alpha value is -0.830. The zero-order valence-corrected chi connectivity index (χ0v) is 10.5. The van der Waals surface area contributed by atoms with Gasteiger partial charge in [0.05, 0.1) is 17.6 Å². The number of ether oxygens (including phenoxy) is 2. The molecule has 0 bridgehead atoms. The summed E-state index contributed by atoms with van der Waals surface area (Å²) in [6.45, 7) is 9.94. The first kappa shape index (κ1) is 13.2. The second-order valence-electron chi connectivity index (χ2n) is 5.28. The Morgan fingerprint density at radius 1 is 1.44 bits per heavy atom. The van der Waals surface area contributed by atoms with Gasteiger partial charge in [-0.25, -0.2) is 0 Å². The molecule has 3 heteroatoms. The van der Waals surface area contributed by atoms with Crippen molar-refractivity contribution in [1.29, 1.82) is 0 Å². The van der Waals surface area contributed by atoms with Crippen molar-refractivity contribution in [3.05, 3.63) is 12.7 Å². The van der Waals surface area contributed by atoms with Crippen LogP contribution >= 0.6 is 0 Å². The van der Waals surface area contributed by atoms with Crippen LogP contribution in [0, 0.1) is 5.92 Å². The number of rotatable bonds is 4. The van der Waals surface area contributed by atoms with Gasteiger partial charge in [0.25, 0.3) is 0 Å². The maximum atomic E-state index is 11.6. The summed E-state index contributed by atoms with van der Waals surface area (Å²) in [5.74, 6) is -0.104. The summed E-state index contributed by atoms with van der Waals surface area (Å²) >= 11 is 0. The molecular weight excluding hydrogens is 204 g/mol. The van der Waals surface area contributed by atoms with Gasteiger partial charge in [0.1, 0.15) is 6.61 Å². The molecule has 2 atom stereocenters. The van der Waals surface area contributed by atoms with Crippen molar-refractivity contribution in [2.24, 2.45) is 5.92 Å². The molecule has 0 spiro atoms. The molecule has 0 aromatic carbocycles. The SMILES string of the molecule is C=CCOC(=O)[C@H]1CCC(OC(C)(C)C)C1. The van der Waals surface area contributed by atoms with Crippen molar-refractivity contribution in [3.63, 3.8) is 0 Å². The maximum absolute atomic E-state index is 11.6. The van der Waals surface area contributed by atoms with Crippen molar-refractivity contribution >= 4 is 5.97 Å². The van der Waals surface area contributed by atoms with Gasteiger partial charge in [-0.2, -0.15) is 0 Å². The highest BCUT2D eigenvalue weighted by Crippen LogP contribution is 2.31. The van der Waals surface area contributed by atoms with E-state index in [1.807, 2.05) is 20.8 Å². The number of hydrogen-bond donors (Lipinski definition) is 0. The van der Waals surface area contributed by atoms with E-state index in [9.17, 15) is 4.79 Å². The highest BCUT2D eigenvalue weighted by atomic mass is 16.5. The van der Waals surface area contributed by atoms with Gasteiger partial charge in [0.15, 0.2) is 0 Å². The van der Waals surface area contributed by atoms with Crippen LogP contribution in [0.3, 0.4) is 0 Å². The lowest BCUT2D eigenvalue weighted by molar-refractivity contribution is -0.147. The summed E-state index contributed by atoms with van der Waals surface area (Å²) in [7, 11) is 0. The predicted molar refractivity (Wildman–Crippen MR) is 63.1 cm³/mol. The summed E-state index contributed by atoms with van der Waals surface area (Å²) in [5.41, 5.74) is -0.134. The van der Waals surface area contributed by atoms with E-state index in [-0.39, 0.29) is 23.6 Å². The Morgan fingerprint density at radius 3 is 2.69 bits per heavy atom. The Balaban J connectivity index is 2.34. The van der Waals surface area contributed by atoms with Crippen LogP contribution in [0.2, 0.25) is 0 Å². The van der Waals surface area contributed by atoms with Crippen LogP contribution in [0.4, 0.5) is 0 Å². The van der Waals surface area contributed by atoms with Crippen LogP contribution < -0.4 is 0 Å². The normalized spacial score (nSPS) is 25.4. The first-order valence-corrected chi connectivity index (χ1v) is 5.87. The van der Waals surface area contributed by atoms with Gasteiger partial charge in [-0.05, 0) is 40.0 Å². The summed E-state index contributed by atoms with van der Waals surface area (Å²) < 4.78 is 10.9. The molecule has 92 valence electrons. The average Bonchev–Trinajstić information content (AvgIpc) is 2.59. The molecular formula is C13H22O3. The van der Waals surface area contributed by atoms with Crippen molar-refractivity contribution in [3.8, 4) is 0 Å². The average molecular weight is 226 g/mol. The van der Waals surface area contributed by atoms with Crippen LogP contribution in [0.5, 0.6) is 0 Å². The molecule has 1 saturated carbocycles. The van der Waals surface area contributed by atoms with Gasteiger partial charge < -0.3 is 9.47 Å². The fourth-order valence-corrected chi connectivity index (χ4v) is 2.02. The lowest BCUT2D eigenvalue weighted by Gasteiger charge is -2.24. The quantitative estimate of drug-likeness (QED) is 0.546. The molecule has 1 unspecified atom stereocenters. The minimum Gasteiger partial charge on any atom is -0.461 e. The van der Waals surface area contributed by atoms with E-state index in [1.165, 1.54) is 0 Å². The van der Waals surface area contributed by atoms with Gasteiger partial charge in [0.2, 0.25) is 0 Å². The number of hydrogen-bond acceptors (Lipinski definition) is 3. The minimum absolute atomic E-state index is 0.00676. The Kier molecular flexibility index (Phi) is 4.54. The molecule has 0 aromatic rings. The molecule has 0 amide bonds. The molecule has 0 aromatic heterocycles. The third-order valence-corrected chi connectivity index (χ3v) is 2.58. The largest absolute Gasteiger partial charge is 0.461 e. The van der Waals surface area contributed by atoms with Crippen molar-refractivity contribution in [2.75, 3.05) is 6.61 Å². The highest BCUT2D eigenvalue weighted by molar-refractivity contribution is 5.72. The third kappa shape index (κ3) is 4.35. The van der Waals surface area contributed by atoms with Gasteiger partial charge in [0, 0.05) is 0 Å². The third-order valence-electron chi connectivity index (χ3n) is 2.58. The Bertz CT molecular complexity index is 252. The van der Waals surface area contributed by atoms with E-state index in [2.05, 4.69) is 6.58 Å². The summed E-state index contributed by atoms with van der Waals surface area (Å²) in [4.78, 5) is 11.6. The molecule has 3 nitrogen and oxygen atoms in total. The molecule has 0 N–H and O–H groups in total. The molecule has 0 heterocycles. The van der Waals surface area contributed by atoms with E-state index in [4.69, 9.17) is 9.47 Å². The molecule has 1 rings (SSSR count). The fraction of sp³-hybridized carbons (Fsp3) is 0.769. The maximum Gasteiger partial charge on any atom is 0.309 e. The molecule has 16 heavy (non-hydrogen) atoms. The summed E-state index contributed by atoms with van der Waals surface area (Å²) in [6, 6.07) is 0. The highest BCUT2D eigenvalue weighted by Gasteiger charge is 2.33. The van der Waals surface area contributed by atoms with Crippen LogP contribution in [0.15, 0.2) is 12.7 Å². The molecule has 0 radical (unpaired) electrons. The smallest absolute Gasteiger partial charge is 0.309 e. The lowest BCUT2D eigenvalue weighted by atomic mass is 10.1. The summed E-state index contributed by atoms with van der Waals surface area (Å²) in [6.07, 6.45) is 4.40. The number of esters is 1. The van der Waals surface area contributed by atoms with Crippen LogP contribution in [-0.4, -0.2) is 24.3 Å². The van der Waals surface area contributed by atoms with Gasteiger partial charge >= 0.3 is 5.97 Å². The van der Waals surface area contributed by atoms with Crippen LogP contribution in [0.25, 0.3) is 0 Å². The van der Waals surface area contributed by atoms with E-state index < -0.39 is 0 Å². The molecule has 1 aliphatic rings. The number of carbonyl (C=O) groups is 1. The number of carbonyl (C=O) groups excluding carboxylic acids is 1. The first-order chi connectivity index (χ1) is 7.42. The second kappa shape index (κ2) is 5.48. The monoisotopic (exact) mass is 226 g/mol. The molecule has 0 saturated heterocycles. The Morgan fingerprint density at radius 2 is 2.12 bits per heavy atom. The first-order valence-electron chi connectivity index (χ1n) is 5.87. The van der Waals surface area contributed by atoms with Crippen molar-refractivity contribution in [1.82, 2.24) is 0 Å². The van der Waals surface area contributed by atoms with Gasteiger partial charge in [-0.3, -0.25) is 4.79 Å². The van der Waals surface area contributed by atoms with Gasteiger partial charge in [-0.15, -0.1) is 0 Å².